The molecule has 1 saturated heterocycles. The van der Waals surface area contributed by atoms with E-state index >= 15 is 0 Å². The summed E-state index contributed by atoms with van der Waals surface area (Å²) in [6.45, 7) is 3.95. The van der Waals surface area contributed by atoms with E-state index in [-0.39, 0.29) is 17.4 Å². The second-order valence-corrected chi connectivity index (χ2v) is 13.6. The van der Waals surface area contributed by atoms with Crippen LogP contribution in [0, 0.1) is 13.8 Å². The fraction of sp³-hybridized carbons (Fsp3) is 0.323. The van der Waals surface area contributed by atoms with Crippen LogP contribution in [0.4, 0.5) is 5.69 Å². The van der Waals surface area contributed by atoms with E-state index in [0.29, 0.717) is 18.5 Å². The monoisotopic (exact) mass is 573 g/mol. The lowest BCUT2D eigenvalue weighted by atomic mass is 9.94. The number of benzene rings is 3. The van der Waals surface area contributed by atoms with Crippen molar-refractivity contribution in [3.8, 4) is 10.6 Å². The Morgan fingerprint density at radius 3 is 2.25 bits per heavy atom. The van der Waals surface area contributed by atoms with Gasteiger partial charge in [0, 0.05) is 11.6 Å². The number of anilines is 1. The summed E-state index contributed by atoms with van der Waals surface area (Å²) in [6, 6.07) is 18.6. The molecule has 1 aromatic heterocycles. The second kappa shape index (κ2) is 10.5. The number of fused-ring (bicyclic) bond motifs is 1. The summed E-state index contributed by atoms with van der Waals surface area (Å²) in [5.74, 6) is -0.882. The zero-order valence-electron chi connectivity index (χ0n) is 22.5. The van der Waals surface area contributed by atoms with Gasteiger partial charge in [-0.1, -0.05) is 43.0 Å². The van der Waals surface area contributed by atoms with Gasteiger partial charge in [0.2, 0.25) is 15.9 Å². The van der Waals surface area contributed by atoms with E-state index in [1.165, 1.54) is 9.87 Å². The van der Waals surface area contributed by atoms with Crippen molar-refractivity contribution in [2.24, 2.45) is 0 Å². The van der Waals surface area contributed by atoms with Gasteiger partial charge in [0.25, 0.3) is 5.91 Å². The standard InChI is InChI=1S/C31H31N3O4S2/c1-20-8-15-25(16-9-20)40(37,38)34(24-6-4-3-5-7-24)27-19-29(35)33(31(27)36)23-13-11-22(12-14-23)30-32-26-17-10-21(2)18-28(26)39-30/h8-18,24,27H,3-7,19H2,1-2H3. The molecule has 2 aliphatic rings. The third-order valence-electron chi connectivity index (χ3n) is 7.88. The summed E-state index contributed by atoms with van der Waals surface area (Å²) in [6.07, 6.45) is 4.03. The average Bonchev–Trinajstić information content (AvgIpc) is 3.49. The number of carbonyl (C=O) groups is 2. The summed E-state index contributed by atoms with van der Waals surface area (Å²) in [4.78, 5) is 33.1. The van der Waals surface area contributed by atoms with Gasteiger partial charge < -0.3 is 0 Å². The maximum Gasteiger partial charge on any atom is 0.252 e. The van der Waals surface area contributed by atoms with E-state index in [2.05, 4.69) is 6.07 Å². The lowest BCUT2D eigenvalue weighted by Gasteiger charge is -2.36. The molecule has 1 atom stereocenters. The predicted octanol–water partition coefficient (Wildman–Crippen LogP) is 6.24. The molecule has 7 nitrogen and oxygen atoms in total. The molecule has 9 heteroatoms. The minimum Gasteiger partial charge on any atom is -0.274 e. The van der Waals surface area contributed by atoms with Crippen molar-refractivity contribution < 1.29 is 18.0 Å². The zero-order valence-corrected chi connectivity index (χ0v) is 24.2. The highest BCUT2D eigenvalue weighted by Gasteiger charge is 2.49. The zero-order chi connectivity index (χ0) is 28.0. The molecule has 6 rings (SSSR count). The Labute approximate surface area is 238 Å². The van der Waals surface area contributed by atoms with Gasteiger partial charge in [-0.3, -0.25) is 9.59 Å². The molecular weight excluding hydrogens is 542 g/mol. The van der Waals surface area contributed by atoms with Crippen molar-refractivity contribution >= 4 is 49.1 Å². The molecule has 2 amide bonds. The van der Waals surface area contributed by atoms with Crippen LogP contribution >= 0.6 is 11.3 Å². The van der Waals surface area contributed by atoms with Crippen LogP contribution in [0.5, 0.6) is 0 Å². The molecule has 206 valence electrons. The van der Waals surface area contributed by atoms with Gasteiger partial charge in [-0.25, -0.2) is 18.3 Å². The average molecular weight is 574 g/mol. The molecular formula is C31H31N3O4S2. The molecule has 1 aliphatic heterocycles. The van der Waals surface area contributed by atoms with Crippen molar-refractivity contribution in [2.75, 3.05) is 4.90 Å². The van der Waals surface area contributed by atoms with E-state index in [9.17, 15) is 18.0 Å². The molecule has 4 aromatic rings. The first-order chi connectivity index (χ1) is 19.2. The molecule has 0 spiro atoms. The fourth-order valence-corrected chi connectivity index (χ4v) is 8.68. The highest BCUT2D eigenvalue weighted by atomic mass is 32.2. The number of aromatic nitrogens is 1. The lowest BCUT2D eigenvalue weighted by molar-refractivity contribution is -0.122. The topological polar surface area (TPSA) is 87.7 Å². The summed E-state index contributed by atoms with van der Waals surface area (Å²) in [5.41, 5.74) is 4.38. The van der Waals surface area contributed by atoms with Crippen molar-refractivity contribution in [3.63, 3.8) is 0 Å². The van der Waals surface area contributed by atoms with Crippen LogP contribution in [0.15, 0.2) is 71.6 Å². The Balaban J connectivity index is 1.31. The molecule has 1 saturated carbocycles. The predicted molar refractivity (Wildman–Crippen MR) is 158 cm³/mol. The molecule has 0 radical (unpaired) electrons. The van der Waals surface area contributed by atoms with Crippen LogP contribution in [0.25, 0.3) is 20.8 Å². The van der Waals surface area contributed by atoms with Crippen LogP contribution in [-0.2, 0) is 19.6 Å². The molecule has 2 fully saturated rings. The number of thiazole rings is 1. The van der Waals surface area contributed by atoms with Crippen LogP contribution in [0.1, 0.15) is 49.7 Å². The minimum absolute atomic E-state index is 0.151. The van der Waals surface area contributed by atoms with E-state index in [0.717, 1.165) is 50.5 Å². The molecule has 0 bridgehead atoms. The Morgan fingerprint density at radius 1 is 0.875 bits per heavy atom. The number of amides is 2. The van der Waals surface area contributed by atoms with Gasteiger partial charge in [0.1, 0.15) is 11.0 Å². The Bertz CT molecular complexity index is 1690. The Morgan fingerprint density at radius 2 is 1.55 bits per heavy atom. The molecule has 0 N–H and O–H groups in total. The van der Waals surface area contributed by atoms with E-state index < -0.39 is 27.9 Å². The van der Waals surface area contributed by atoms with Gasteiger partial charge in [0.15, 0.2) is 0 Å². The van der Waals surface area contributed by atoms with Crippen LogP contribution in [-0.4, -0.2) is 41.6 Å². The molecule has 2 heterocycles. The number of aryl methyl sites for hydroxylation is 2. The summed E-state index contributed by atoms with van der Waals surface area (Å²) >= 11 is 1.59. The Hall–Kier alpha value is -3.40. The molecule has 3 aromatic carbocycles. The maximum atomic E-state index is 14.0. The first kappa shape index (κ1) is 26.8. The first-order valence-corrected chi connectivity index (χ1v) is 15.9. The number of sulfonamides is 1. The first-order valence-electron chi connectivity index (χ1n) is 13.7. The molecule has 40 heavy (non-hydrogen) atoms. The van der Waals surface area contributed by atoms with Crippen LogP contribution in [0.2, 0.25) is 0 Å². The fourth-order valence-electron chi connectivity index (χ4n) is 5.78. The van der Waals surface area contributed by atoms with Gasteiger partial charge in [-0.05, 0) is 80.8 Å². The quantitative estimate of drug-likeness (QED) is 0.255. The number of hydrogen-bond donors (Lipinski definition) is 0. The second-order valence-electron chi connectivity index (χ2n) is 10.8. The third-order valence-corrected chi connectivity index (χ3v) is 10.9. The van der Waals surface area contributed by atoms with Gasteiger partial charge in [-0.2, -0.15) is 4.31 Å². The number of hydrogen-bond acceptors (Lipinski definition) is 6. The third kappa shape index (κ3) is 4.87. The normalized spacial score (nSPS) is 18.8. The number of imide groups is 1. The van der Waals surface area contributed by atoms with E-state index in [4.69, 9.17) is 4.98 Å². The molecule has 1 unspecified atom stereocenters. The van der Waals surface area contributed by atoms with Crippen LogP contribution in [0.3, 0.4) is 0 Å². The molecule has 1 aliphatic carbocycles. The summed E-state index contributed by atoms with van der Waals surface area (Å²) < 4.78 is 30.4. The maximum absolute atomic E-state index is 14.0. The number of rotatable bonds is 6. The number of carbonyl (C=O) groups excluding carboxylic acids is 2. The highest BCUT2D eigenvalue weighted by molar-refractivity contribution is 7.89. The van der Waals surface area contributed by atoms with Crippen molar-refractivity contribution in [1.82, 2.24) is 9.29 Å². The van der Waals surface area contributed by atoms with E-state index in [1.54, 1.807) is 47.7 Å². The minimum atomic E-state index is -3.99. The number of nitrogens with zero attached hydrogens (tertiary/aromatic N) is 3. The van der Waals surface area contributed by atoms with Gasteiger partial charge in [-0.15, -0.1) is 11.3 Å². The van der Waals surface area contributed by atoms with Crippen molar-refractivity contribution in [1.29, 1.82) is 0 Å². The van der Waals surface area contributed by atoms with Crippen molar-refractivity contribution in [3.05, 3.63) is 77.9 Å². The SMILES string of the molecule is Cc1ccc(S(=O)(=O)N(C2CCCCC2)C2CC(=O)N(c3ccc(-c4nc5ccc(C)cc5s4)cc3)C2=O)cc1. The largest absolute Gasteiger partial charge is 0.274 e. The summed E-state index contributed by atoms with van der Waals surface area (Å²) in [5, 5.41) is 0.858. The van der Waals surface area contributed by atoms with E-state index in [1.807, 2.05) is 38.1 Å². The smallest absolute Gasteiger partial charge is 0.252 e. The van der Waals surface area contributed by atoms with Crippen LogP contribution < -0.4 is 4.90 Å². The highest BCUT2D eigenvalue weighted by Crippen LogP contribution is 2.36. The van der Waals surface area contributed by atoms with Gasteiger partial charge >= 0.3 is 0 Å². The van der Waals surface area contributed by atoms with Crippen molar-refractivity contribution in [2.45, 2.75) is 69.4 Å². The summed E-state index contributed by atoms with van der Waals surface area (Å²) in [7, 11) is -3.99. The Kier molecular flexibility index (Phi) is 7.06. The van der Waals surface area contributed by atoms with Gasteiger partial charge in [0.05, 0.1) is 27.2 Å². The lowest BCUT2D eigenvalue weighted by Crippen LogP contribution is -2.51.